The quantitative estimate of drug-likeness (QED) is 0.432. The van der Waals surface area contributed by atoms with Gasteiger partial charge in [-0.3, -0.25) is 0 Å². The second-order valence-electron chi connectivity index (χ2n) is 6.99. The van der Waals surface area contributed by atoms with E-state index in [4.69, 9.17) is 14.2 Å². The fourth-order valence-corrected chi connectivity index (χ4v) is 4.24. The Morgan fingerprint density at radius 3 is 2.22 bits per heavy atom. The first-order chi connectivity index (χ1) is 14.9. The van der Waals surface area contributed by atoms with Crippen LogP contribution in [0, 0.1) is 0 Å². The number of hydrogen-bond donors (Lipinski definition) is 1. The molecule has 178 valence electrons. The van der Waals surface area contributed by atoms with E-state index in [1.807, 2.05) is 0 Å². The summed E-state index contributed by atoms with van der Waals surface area (Å²) in [5, 5.41) is 10.3. The zero-order valence-corrected chi connectivity index (χ0v) is 19.1. The van der Waals surface area contributed by atoms with Gasteiger partial charge in [0.05, 0.1) is 40.2 Å². The van der Waals surface area contributed by atoms with Crippen molar-refractivity contribution in [2.75, 3.05) is 25.7 Å². The minimum Gasteiger partial charge on any atom is -0.748 e. The lowest BCUT2D eigenvalue weighted by Gasteiger charge is -2.23. The van der Waals surface area contributed by atoms with Crippen LogP contribution in [0.15, 0.2) is 36.4 Å². The number of para-hydroxylation sites is 1. The van der Waals surface area contributed by atoms with E-state index in [2.05, 4.69) is 0 Å². The highest BCUT2D eigenvalue weighted by Gasteiger charge is 2.20. The van der Waals surface area contributed by atoms with E-state index < -0.39 is 37.8 Å². The van der Waals surface area contributed by atoms with Gasteiger partial charge in [-0.15, -0.1) is 0 Å². The molecule has 0 heterocycles. The molecule has 0 aliphatic carbocycles. The maximum Gasteiger partial charge on any atom is 0.161 e. The average molecular weight is 489 g/mol. The van der Waals surface area contributed by atoms with Gasteiger partial charge < -0.3 is 28.4 Å². The molecule has 0 saturated carbocycles. The van der Waals surface area contributed by atoms with Gasteiger partial charge in [-0.25, -0.2) is 16.8 Å². The number of methoxy groups -OCH3 is 2. The summed E-state index contributed by atoms with van der Waals surface area (Å²) in [6, 6.07) is 9.36. The Labute approximate surface area is 187 Å². The first-order valence-corrected chi connectivity index (χ1v) is 12.6. The van der Waals surface area contributed by atoms with Crippen LogP contribution in [0.5, 0.6) is 23.0 Å². The number of benzene rings is 2. The number of hydrogen-bond acceptors (Lipinski definition) is 10. The highest BCUT2D eigenvalue weighted by Crippen LogP contribution is 2.33. The van der Waals surface area contributed by atoms with Crippen molar-refractivity contribution in [2.24, 2.45) is 0 Å². The Hall–Kier alpha value is -2.54. The van der Waals surface area contributed by atoms with Crippen molar-refractivity contribution >= 4 is 20.2 Å². The highest BCUT2D eigenvalue weighted by atomic mass is 32.2. The molecule has 10 nitrogen and oxygen atoms in total. The van der Waals surface area contributed by atoms with Crippen LogP contribution in [0.1, 0.15) is 17.5 Å². The van der Waals surface area contributed by atoms with Crippen molar-refractivity contribution in [1.82, 2.24) is 0 Å². The summed E-state index contributed by atoms with van der Waals surface area (Å²) >= 11 is 0. The van der Waals surface area contributed by atoms with Crippen molar-refractivity contribution in [3.8, 4) is 23.0 Å². The zero-order valence-electron chi connectivity index (χ0n) is 17.5. The minimum atomic E-state index is -4.66. The molecule has 0 radical (unpaired) electrons. The molecule has 0 aliphatic rings. The van der Waals surface area contributed by atoms with E-state index in [0.29, 0.717) is 17.5 Å². The third kappa shape index (κ3) is 8.19. The maximum absolute atomic E-state index is 11.4. The van der Waals surface area contributed by atoms with Gasteiger partial charge in [-0.05, 0) is 36.6 Å². The monoisotopic (exact) mass is 488 g/mol. The largest absolute Gasteiger partial charge is 0.748 e. The lowest BCUT2D eigenvalue weighted by molar-refractivity contribution is 0.209. The average Bonchev–Trinajstić information content (AvgIpc) is 2.68. The van der Waals surface area contributed by atoms with Crippen LogP contribution >= 0.6 is 0 Å². The van der Waals surface area contributed by atoms with Crippen LogP contribution in [-0.4, -0.2) is 62.9 Å². The predicted molar refractivity (Wildman–Crippen MR) is 113 cm³/mol. The zero-order chi connectivity index (χ0) is 23.9. The third-order valence-electron chi connectivity index (χ3n) is 4.52. The molecule has 0 bridgehead atoms. The summed E-state index contributed by atoms with van der Waals surface area (Å²) < 4.78 is 82.5. The van der Waals surface area contributed by atoms with Crippen LogP contribution in [0.4, 0.5) is 0 Å². The van der Waals surface area contributed by atoms with Crippen LogP contribution < -0.4 is 14.2 Å². The van der Waals surface area contributed by atoms with Crippen LogP contribution in [0.2, 0.25) is 0 Å². The SMILES string of the molecule is COc1cc(CCCS(=O)(=O)[O-])ccc1O[C@H](Cc1cccc(OC)c1O)CS(=O)(=O)[O-]. The lowest BCUT2D eigenvalue weighted by Crippen LogP contribution is -2.29. The molecule has 2 aromatic rings. The molecule has 1 N–H and O–H groups in total. The molecule has 0 amide bonds. The molecule has 12 heteroatoms. The van der Waals surface area contributed by atoms with E-state index in [1.165, 1.54) is 26.4 Å². The Kier molecular flexibility index (Phi) is 8.73. The predicted octanol–water partition coefficient (Wildman–Crippen LogP) is 1.42. The number of aromatic hydroxyl groups is 1. The smallest absolute Gasteiger partial charge is 0.161 e. The first kappa shape index (κ1) is 25.7. The second kappa shape index (κ2) is 10.9. The lowest BCUT2D eigenvalue weighted by atomic mass is 10.1. The van der Waals surface area contributed by atoms with E-state index in [1.54, 1.807) is 24.3 Å². The van der Waals surface area contributed by atoms with Crippen LogP contribution in [0.3, 0.4) is 0 Å². The summed E-state index contributed by atoms with van der Waals surface area (Å²) in [5.74, 6) is -0.966. The normalized spacial score (nSPS) is 12.9. The second-order valence-corrected chi connectivity index (χ2v) is 9.96. The molecule has 0 unspecified atom stereocenters. The highest BCUT2D eigenvalue weighted by molar-refractivity contribution is 7.85. The van der Waals surface area contributed by atoms with Gasteiger partial charge in [-0.2, -0.15) is 0 Å². The summed E-state index contributed by atoms with van der Waals surface area (Å²) in [4.78, 5) is 0. The topological polar surface area (TPSA) is 162 Å². The summed E-state index contributed by atoms with van der Waals surface area (Å²) in [6.45, 7) is 0. The van der Waals surface area contributed by atoms with Crippen molar-refractivity contribution in [3.05, 3.63) is 47.5 Å². The Balaban J connectivity index is 2.25. The van der Waals surface area contributed by atoms with E-state index in [9.17, 15) is 31.0 Å². The van der Waals surface area contributed by atoms with Gasteiger partial charge in [0, 0.05) is 17.7 Å². The van der Waals surface area contributed by atoms with Crippen molar-refractivity contribution in [2.45, 2.75) is 25.4 Å². The maximum atomic E-state index is 11.4. The number of ether oxygens (including phenoxy) is 3. The fourth-order valence-electron chi connectivity index (χ4n) is 3.10. The van der Waals surface area contributed by atoms with Gasteiger partial charge in [0.15, 0.2) is 23.0 Å². The number of phenolic OH excluding ortho intramolecular Hbond substituents is 1. The number of phenols is 1. The summed E-state index contributed by atoms with van der Waals surface area (Å²) in [6.07, 6.45) is -0.812. The van der Waals surface area contributed by atoms with E-state index in [0.717, 1.165) is 0 Å². The Morgan fingerprint density at radius 2 is 1.62 bits per heavy atom. The molecule has 0 spiro atoms. The minimum absolute atomic E-state index is 0.100. The molecular formula is C20H24O10S2-2. The van der Waals surface area contributed by atoms with Gasteiger partial charge >= 0.3 is 0 Å². The molecular weight excluding hydrogens is 464 g/mol. The Morgan fingerprint density at radius 1 is 0.938 bits per heavy atom. The number of rotatable bonds is 12. The molecule has 2 aromatic carbocycles. The molecule has 2 rings (SSSR count). The fraction of sp³-hybridized carbons (Fsp3) is 0.400. The molecule has 0 aromatic heterocycles. The van der Waals surface area contributed by atoms with Gasteiger partial charge in [0.2, 0.25) is 0 Å². The molecule has 32 heavy (non-hydrogen) atoms. The Bertz CT molecular complexity index is 1130. The first-order valence-electron chi connectivity index (χ1n) is 9.47. The number of aryl methyl sites for hydroxylation is 1. The standard InChI is InChI=1S/C20H26O10S2/c1-28-18-7-3-6-15(20(18)21)12-16(13-32(25,26)27)30-17-9-8-14(11-19(17)29-2)5-4-10-31(22,23)24/h3,6-9,11,16,21H,4-5,10,12-13H2,1-2H3,(H,22,23,24)(H,25,26,27)/p-2/t16-/m1/s1. The van der Waals surface area contributed by atoms with Gasteiger partial charge in [0.25, 0.3) is 0 Å². The summed E-state index contributed by atoms with van der Waals surface area (Å²) in [5.41, 5.74) is 1.00. The van der Waals surface area contributed by atoms with E-state index in [-0.39, 0.29) is 35.8 Å². The molecule has 0 saturated heterocycles. The van der Waals surface area contributed by atoms with E-state index >= 15 is 0 Å². The van der Waals surface area contributed by atoms with Gasteiger partial charge in [0.1, 0.15) is 6.10 Å². The molecule has 0 aliphatic heterocycles. The van der Waals surface area contributed by atoms with Crippen LogP contribution in [-0.2, 0) is 33.1 Å². The molecule has 1 atom stereocenters. The van der Waals surface area contributed by atoms with Crippen LogP contribution in [0.25, 0.3) is 0 Å². The summed E-state index contributed by atoms with van der Waals surface area (Å²) in [7, 11) is -6.24. The van der Waals surface area contributed by atoms with Crippen molar-refractivity contribution in [1.29, 1.82) is 0 Å². The van der Waals surface area contributed by atoms with Gasteiger partial charge in [-0.1, -0.05) is 18.2 Å². The van der Waals surface area contributed by atoms with Crippen molar-refractivity contribution in [3.63, 3.8) is 0 Å². The molecule has 0 fully saturated rings. The third-order valence-corrected chi connectivity index (χ3v) is 6.09. The van der Waals surface area contributed by atoms with Crippen molar-refractivity contribution < 1.29 is 45.3 Å².